The molecule has 0 aliphatic heterocycles. The molecule has 0 aliphatic carbocycles. The first kappa shape index (κ1) is 15.8. The highest BCUT2D eigenvalue weighted by atomic mass is 19.2. The molecule has 110 valence electrons. The lowest BCUT2D eigenvalue weighted by Crippen LogP contribution is -2.42. The summed E-state index contributed by atoms with van der Waals surface area (Å²) in [6, 6.07) is 0.898. The summed E-state index contributed by atoms with van der Waals surface area (Å²) in [4.78, 5) is 22.6. The number of carbonyl (C=O) groups excluding carboxylic acids is 2. The van der Waals surface area contributed by atoms with Gasteiger partial charge in [0.25, 0.3) is 0 Å². The Morgan fingerprint density at radius 1 is 1.15 bits per heavy atom. The number of urea groups is 1. The van der Waals surface area contributed by atoms with Crippen LogP contribution in [-0.2, 0) is 4.79 Å². The molecular weight excluding hydrogens is 275 g/mol. The Kier molecular flexibility index (Phi) is 5.36. The van der Waals surface area contributed by atoms with Crippen molar-refractivity contribution in [3.8, 4) is 0 Å². The van der Waals surface area contributed by atoms with Gasteiger partial charge in [0.2, 0.25) is 5.91 Å². The number of hydrogen-bond donors (Lipinski definition) is 3. The van der Waals surface area contributed by atoms with Crippen LogP contribution in [0.1, 0.15) is 13.8 Å². The molecule has 0 saturated carbocycles. The zero-order chi connectivity index (χ0) is 15.3. The third-order valence-corrected chi connectivity index (χ3v) is 2.14. The summed E-state index contributed by atoms with van der Waals surface area (Å²) in [5.41, 5.74) is -0.500. The predicted octanol–water partition coefficient (Wildman–Crippen LogP) is 1.75. The fourth-order valence-corrected chi connectivity index (χ4v) is 1.29. The monoisotopic (exact) mass is 289 g/mol. The molecule has 3 N–H and O–H groups in total. The van der Waals surface area contributed by atoms with E-state index >= 15 is 0 Å². The van der Waals surface area contributed by atoms with E-state index in [-0.39, 0.29) is 6.04 Å². The highest BCUT2D eigenvalue weighted by molar-refractivity contribution is 5.94. The van der Waals surface area contributed by atoms with Gasteiger partial charge in [0.1, 0.15) is 0 Å². The minimum Gasteiger partial charge on any atom is -0.336 e. The van der Waals surface area contributed by atoms with Crippen molar-refractivity contribution >= 4 is 17.6 Å². The molecule has 8 heteroatoms. The molecule has 0 radical (unpaired) electrons. The van der Waals surface area contributed by atoms with Crippen LogP contribution in [0.25, 0.3) is 0 Å². The maximum absolute atomic E-state index is 13.3. The van der Waals surface area contributed by atoms with Crippen LogP contribution >= 0.6 is 0 Å². The zero-order valence-corrected chi connectivity index (χ0v) is 10.9. The summed E-state index contributed by atoms with van der Waals surface area (Å²) >= 11 is 0. The number of anilines is 1. The van der Waals surface area contributed by atoms with Gasteiger partial charge in [-0.2, -0.15) is 0 Å². The summed E-state index contributed by atoms with van der Waals surface area (Å²) in [5, 5.41) is 6.73. The fourth-order valence-electron chi connectivity index (χ4n) is 1.29. The first-order chi connectivity index (χ1) is 9.31. The van der Waals surface area contributed by atoms with Crippen molar-refractivity contribution in [1.82, 2.24) is 10.6 Å². The van der Waals surface area contributed by atoms with Crippen LogP contribution in [0.2, 0.25) is 0 Å². The van der Waals surface area contributed by atoms with Crippen LogP contribution < -0.4 is 16.0 Å². The molecule has 0 heterocycles. The van der Waals surface area contributed by atoms with E-state index < -0.39 is 41.6 Å². The second-order valence-electron chi connectivity index (χ2n) is 4.25. The van der Waals surface area contributed by atoms with E-state index in [1.807, 2.05) is 5.32 Å². The van der Waals surface area contributed by atoms with E-state index in [0.29, 0.717) is 6.07 Å². The molecule has 3 amide bonds. The number of benzene rings is 1. The van der Waals surface area contributed by atoms with E-state index in [0.717, 1.165) is 6.07 Å². The van der Waals surface area contributed by atoms with Crippen molar-refractivity contribution in [1.29, 1.82) is 0 Å². The molecule has 0 spiro atoms. The third-order valence-electron chi connectivity index (χ3n) is 2.14. The van der Waals surface area contributed by atoms with Crippen molar-refractivity contribution in [2.24, 2.45) is 0 Å². The van der Waals surface area contributed by atoms with Gasteiger partial charge in [0, 0.05) is 6.04 Å². The van der Waals surface area contributed by atoms with Crippen molar-refractivity contribution in [2.45, 2.75) is 19.9 Å². The highest BCUT2D eigenvalue weighted by Crippen LogP contribution is 2.19. The molecule has 5 nitrogen and oxygen atoms in total. The Bertz CT molecular complexity index is 521. The van der Waals surface area contributed by atoms with Gasteiger partial charge in [-0.15, -0.1) is 0 Å². The Morgan fingerprint density at radius 2 is 1.80 bits per heavy atom. The summed E-state index contributed by atoms with van der Waals surface area (Å²) in [5.74, 6) is -5.29. The molecule has 1 aromatic rings. The number of hydrogen-bond acceptors (Lipinski definition) is 2. The lowest BCUT2D eigenvalue weighted by atomic mass is 10.2. The lowest BCUT2D eigenvalue weighted by Gasteiger charge is -2.11. The van der Waals surface area contributed by atoms with Crippen LogP contribution in [0.5, 0.6) is 0 Å². The van der Waals surface area contributed by atoms with E-state index in [1.165, 1.54) is 0 Å². The van der Waals surface area contributed by atoms with E-state index in [2.05, 4.69) is 10.6 Å². The van der Waals surface area contributed by atoms with Crippen LogP contribution in [0.4, 0.5) is 23.7 Å². The van der Waals surface area contributed by atoms with Crippen molar-refractivity contribution < 1.29 is 22.8 Å². The molecular formula is C12H14F3N3O2. The fraction of sp³-hybridized carbons (Fsp3) is 0.333. The van der Waals surface area contributed by atoms with Crippen molar-refractivity contribution in [3.05, 3.63) is 29.6 Å². The van der Waals surface area contributed by atoms with Gasteiger partial charge in [-0.3, -0.25) is 4.79 Å². The largest absolute Gasteiger partial charge is 0.336 e. The van der Waals surface area contributed by atoms with Gasteiger partial charge in [-0.1, -0.05) is 0 Å². The molecule has 0 bridgehead atoms. The first-order valence-corrected chi connectivity index (χ1v) is 5.79. The molecule has 0 saturated heterocycles. The first-order valence-electron chi connectivity index (χ1n) is 5.79. The smallest absolute Gasteiger partial charge is 0.315 e. The van der Waals surface area contributed by atoms with E-state index in [1.54, 1.807) is 13.8 Å². The number of amides is 3. The minimum absolute atomic E-state index is 0.110. The van der Waals surface area contributed by atoms with Crippen molar-refractivity contribution in [3.63, 3.8) is 0 Å². The molecule has 0 aromatic heterocycles. The Balaban J connectivity index is 2.55. The number of carbonyl (C=O) groups is 2. The summed E-state index contributed by atoms with van der Waals surface area (Å²) in [6.07, 6.45) is 0. The quantitative estimate of drug-likeness (QED) is 0.739. The second-order valence-corrected chi connectivity index (χ2v) is 4.25. The third kappa shape index (κ3) is 4.45. The van der Waals surface area contributed by atoms with Gasteiger partial charge in [0.15, 0.2) is 17.5 Å². The maximum Gasteiger partial charge on any atom is 0.315 e. The highest BCUT2D eigenvalue weighted by Gasteiger charge is 2.15. The molecule has 1 aromatic carbocycles. The predicted molar refractivity (Wildman–Crippen MR) is 66.6 cm³/mol. The minimum atomic E-state index is -1.67. The normalized spacial score (nSPS) is 10.3. The topological polar surface area (TPSA) is 70.2 Å². The van der Waals surface area contributed by atoms with Crippen molar-refractivity contribution in [2.75, 3.05) is 11.9 Å². The molecule has 1 rings (SSSR count). The standard InChI is InChI=1S/C12H14F3N3O2/c1-6(2)17-12(20)16-5-9(19)18-8-4-3-7(13)10(14)11(8)15/h3-4,6H,5H2,1-2H3,(H,18,19)(H2,16,17,20). The zero-order valence-electron chi connectivity index (χ0n) is 10.9. The van der Waals surface area contributed by atoms with Gasteiger partial charge >= 0.3 is 6.03 Å². The average Bonchev–Trinajstić information content (AvgIpc) is 2.36. The average molecular weight is 289 g/mol. The van der Waals surface area contributed by atoms with Crippen LogP contribution in [-0.4, -0.2) is 24.5 Å². The van der Waals surface area contributed by atoms with Crippen LogP contribution in [0.3, 0.4) is 0 Å². The Hall–Kier alpha value is -2.25. The Labute approximate surface area is 113 Å². The van der Waals surface area contributed by atoms with Crippen LogP contribution in [0.15, 0.2) is 12.1 Å². The Morgan fingerprint density at radius 3 is 2.40 bits per heavy atom. The van der Waals surface area contributed by atoms with Crippen LogP contribution in [0, 0.1) is 17.5 Å². The molecule has 0 atom stereocenters. The number of halogens is 3. The molecule has 0 aliphatic rings. The summed E-state index contributed by atoms with van der Waals surface area (Å²) in [6.45, 7) is 3.03. The summed E-state index contributed by atoms with van der Waals surface area (Å²) < 4.78 is 38.9. The van der Waals surface area contributed by atoms with E-state index in [4.69, 9.17) is 0 Å². The molecule has 0 fully saturated rings. The number of nitrogens with one attached hydrogen (secondary N) is 3. The lowest BCUT2D eigenvalue weighted by molar-refractivity contribution is -0.115. The van der Waals surface area contributed by atoms with Gasteiger partial charge in [-0.25, -0.2) is 18.0 Å². The maximum atomic E-state index is 13.3. The SMILES string of the molecule is CC(C)NC(=O)NCC(=O)Nc1ccc(F)c(F)c1F. The summed E-state index contributed by atoms with van der Waals surface area (Å²) in [7, 11) is 0. The van der Waals surface area contributed by atoms with E-state index in [9.17, 15) is 22.8 Å². The second kappa shape index (κ2) is 6.78. The van der Waals surface area contributed by atoms with Gasteiger partial charge in [0.05, 0.1) is 12.2 Å². The molecule has 0 unspecified atom stereocenters. The molecule has 20 heavy (non-hydrogen) atoms. The number of rotatable bonds is 4. The van der Waals surface area contributed by atoms with Gasteiger partial charge in [-0.05, 0) is 26.0 Å². The van der Waals surface area contributed by atoms with Gasteiger partial charge < -0.3 is 16.0 Å².